The van der Waals surface area contributed by atoms with Gasteiger partial charge in [-0.3, -0.25) is 0 Å². The Balaban J connectivity index is 0.00000196. The van der Waals surface area contributed by atoms with Gasteiger partial charge in [0.05, 0.1) is 0 Å². The predicted octanol–water partition coefficient (Wildman–Crippen LogP) is -0.116. The lowest BCUT2D eigenvalue weighted by Gasteiger charge is -2.22. The van der Waals surface area contributed by atoms with Crippen LogP contribution in [-0.2, 0) is 10.2 Å². The number of rotatable bonds is 3. The Hall–Kier alpha value is 0.120. The molecule has 0 aliphatic carbocycles. The van der Waals surface area contributed by atoms with Crippen LogP contribution in [0.15, 0.2) is 0 Å². The molecule has 15 heavy (non-hydrogen) atoms. The summed E-state index contributed by atoms with van der Waals surface area (Å²) < 4.78 is 26.5. The van der Waals surface area contributed by atoms with Crippen molar-refractivity contribution in [1.82, 2.24) is 8.61 Å². The van der Waals surface area contributed by atoms with Gasteiger partial charge < -0.3 is 5.73 Å². The highest BCUT2D eigenvalue weighted by Crippen LogP contribution is 2.19. The fourth-order valence-corrected chi connectivity index (χ4v) is 3.00. The quantitative estimate of drug-likeness (QED) is 0.767. The molecule has 1 saturated heterocycles. The molecular formula is C8H20ClN3O2S. The van der Waals surface area contributed by atoms with Crippen molar-refractivity contribution in [3.8, 4) is 0 Å². The molecule has 0 aromatic carbocycles. The van der Waals surface area contributed by atoms with E-state index in [9.17, 15) is 8.42 Å². The van der Waals surface area contributed by atoms with Crippen molar-refractivity contribution in [1.29, 1.82) is 0 Å². The molecule has 0 spiro atoms. The van der Waals surface area contributed by atoms with E-state index < -0.39 is 10.2 Å². The SMILES string of the molecule is CCN(C)S(=O)(=O)N1CC(C)C(N)C1.Cl. The van der Waals surface area contributed by atoms with Crippen molar-refractivity contribution in [3.63, 3.8) is 0 Å². The van der Waals surface area contributed by atoms with E-state index in [2.05, 4.69) is 0 Å². The van der Waals surface area contributed by atoms with Crippen LogP contribution < -0.4 is 5.73 Å². The Morgan fingerprint density at radius 1 is 1.47 bits per heavy atom. The first-order chi connectivity index (χ1) is 6.39. The highest BCUT2D eigenvalue weighted by Gasteiger charge is 2.35. The summed E-state index contributed by atoms with van der Waals surface area (Å²) in [7, 11) is -1.68. The lowest BCUT2D eigenvalue weighted by Crippen LogP contribution is -2.41. The molecule has 5 nitrogen and oxygen atoms in total. The van der Waals surface area contributed by atoms with Gasteiger partial charge in [-0.05, 0) is 5.92 Å². The van der Waals surface area contributed by atoms with E-state index in [1.54, 1.807) is 7.05 Å². The molecule has 0 saturated carbocycles. The number of hydrogen-bond donors (Lipinski definition) is 1. The first-order valence-corrected chi connectivity index (χ1v) is 6.26. The average Bonchev–Trinajstić information content (AvgIpc) is 2.46. The topological polar surface area (TPSA) is 66.6 Å². The minimum absolute atomic E-state index is 0. The molecule has 1 fully saturated rings. The van der Waals surface area contributed by atoms with Crippen molar-refractivity contribution >= 4 is 22.6 Å². The van der Waals surface area contributed by atoms with Crippen LogP contribution >= 0.6 is 12.4 Å². The molecule has 0 radical (unpaired) electrons. The van der Waals surface area contributed by atoms with Crippen LogP contribution in [0.5, 0.6) is 0 Å². The van der Waals surface area contributed by atoms with Crippen LogP contribution in [-0.4, -0.2) is 49.8 Å². The summed E-state index contributed by atoms with van der Waals surface area (Å²) in [5.41, 5.74) is 5.78. The van der Waals surface area contributed by atoms with E-state index in [-0.39, 0.29) is 24.4 Å². The second kappa shape index (κ2) is 5.45. The van der Waals surface area contributed by atoms with Crippen molar-refractivity contribution in [2.24, 2.45) is 11.7 Å². The summed E-state index contributed by atoms with van der Waals surface area (Å²) in [6.07, 6.45) is 0. The molecule has 92 valence electrons. The third-order valence-electron chi connectivity index (χ3n) is 2.80. The maximum atomic E-state index is 11.9. The number of hydrogen-bond acceptors (Lipinski definition) is 3. The van der Waals surface area contributed by atoms with Crippen LogP contribution in [0.25, 0.3) is 0 Å². The molecule has 1 aliphatic rings. The molecular weight excluding hydrogens is 238 g/mol. The van der Waals surface area contributed by atoms with Gasteiger partial charge in [-0.2, -0.15) is 17.0 Å². The van der Waals surface area contributed by atoms with E-state index >= 15 is 0 Å². The largest absolute Gasteiger partial charge is 0.326 e. The van der Waals surface area contributed by atoms with Crippen molar-refractivity contribution < 1.29 is 8.42 Å². The Labute approximate surface area is 98.2 Å². The molecule has 0 bridgehead atoms. The van der Waals surface area contributed by atoms with E-state index in [0.29, 0.717) is 19.6 Å². The second-order valence-electron chi connectivity index (χ2n) is 3.88. The molecule has 2 unspecified atom stereocenters. The van der Waals surface area contributed by atoms with Gasteiger partial charge in [0.1, 0.15) is 0 Å². The van der Waals surface area contributed by atoms with Gasteiger partial charge in [-0.25, -0.2) is 0 Å². The van der Waals surface area contributed by atoms with E-state index in [1.807, 2.05) is 13.8 Å². The lowest BCUT2D eigenvalue weighted by atomic mass is 10.1. The standard InChI is InChI=1S/C8H19N3O2S.ClH/c1-4-10(3)14(12,13)11-5-7(2)8(9)6-11;/h7-8H,4-6,9H2,1-3H3;1H. The Kier molecular flexibility index (Phi) is 5.49. The summed E-state index contributed by atoms with van der Waals surface area (Å²) in [4.78, 5) is 0. The Morgan fingerprint density at radius 2 is 2.00 bits per heavy atom. The monoisotopic (exact) mass is 257 g/mol. The Morgan fingerprint density at radius 3 is 2.33 bits per heavy atom. The predicted molar refractivity (Wildman–Crippen MR) is 63.2 cm³/mol. The normalized spacial score (nSPS) is 28.1. The number of nitrogens with zero attached hydrogens (tertiary/aromatic N) is 2. The first kappa shape index (κ1) is 15.1. The fraction of sp³-hybridized carbons (Fsp3) is 1.00. The van der Waals surface area contributed by atoms with E-state index in [4.69, 9.17) is 5.73 Å². The number of nitrogens with two attached hydrogens (primary N) is 1. The molecule has 1 rings (SSSR count). The third kappa shape index (κ3) is 3.04. The molecule has 0 amide bonds. The van der Waals surface area contributed by atoms with Crippen LogP contribution in [0.1, 0.15) is 13.8 Å². The maximum absolute atomic E-state index is 11.9. The number of halogens is 1. The minimum Gasteiger partial charge on any atom is -0.326 e. The summed E-state index contributed by atoms with van der Waals surface area (Å²) in [5.74, 6) is 0.245. The van der Waals surface area contributed by atoms with Gasteiger partial charge >= 0.3 is 0 Å². The van der Waals surface area contributed by atoms with Crippen LogP contribution in [0.3, 0.4) is 0 Å². The molecule has 0 aromatic heterocycles. The smallest absolute Gasteiger partial charge is 0.281 e. The zero-order valence-electron chi connectivity index (χ0n) is 9.38. The van der Waals surface area contributed by atoms with Crippen molar-refractivity contribution in [2.75, 3.05) is 26.7 Å². The lowest BCUT2D eigenvalue weighted by molar-refractivity contribution is 0.396. The van der Waals surface area contributed by atoms with Crippen LogP contribution in [0, 0.1) is 5.92 Å². The summed E-state index contributed by atoms with van der Waals surface area (Å²) >= 11 is 0. The second-order valence-corrected chi connectivity index (χ2v) is 5.92. The highest BCUT2D eigenvalue weighted by molar-refractivity contribution is 7.86. The van der Waals surface area contributed by atoms with Gasteiger partial charge in [0.15, 0.2) is 0 Å². The summed E-state index contributed by atoms with van der Waals surface area (Å²) in [6.45, 7) is 5.26. The molecule has 1 aliphatic heterocycles. The highest BCUT2D eigenvalue weighted by atomic mass is 35.5. The van der Waals surface area contributed by atoms with Crippen molar-refractivity contribution in [2.45, 2.75) is 19.9 Å². The summed E-state index contributed by atoms with van der Waals surface area (Å²) in [5, 5.41) is 0. The van der Waals surface area contributed by atoms with Crippen LogP contribution in [0.2, 0.25) is 0 Å². The Bertz CT molecular complexity index is 286. The summed E-state index contributed by atoms with van der Waals surface area (Å²) in [6, 6.07) is -0.0324. The van der Waals surface area contributed by atoms with Gasteiger partial charge in [-0.1, -0.05) is 13.8 Å². The van der Waals surface area contributed by atoms with Gasteiger partial charge in [0, 0.05) is 32.7 Å². The zero-order valence-corrected chi connectivity index (χ0v) is 11.0. The molecule has 0 aromatic rings. The molecule has 2 atom stereocenters. The van der Waals surface area contributed by atoms with E-state index in [1.165, 1.54) is 8.61 Å². The fourth-order valence-electron chi connectivity index (χ4n) is 1.49. The maximum Gasteiger partial charge on any atom is 0.281 e. The third-order valence-corrected chi connectivity index (χ3v) is 4.80. The minimum atomic E-state index is -3.27. The van der Waals surface area contributed by atoms with Gasteiger partial charge in [-0.15, -0.1) is 12.4 Å². The molecule has 1 heterocycles. The van der Waals surface area contributed by atoms with Crippen LogP contribution in [0.4, 0.5) is 0 Å². The first-order valence-electron chi connectivity index (χ1n) is 4.86. The molecule has 7 heteroatoms. The van der Waals surface area contributed by atoms with Gasteiger partial charge in [0.2, 0.25) is 0 Å². The molecule has 2 N–H and O–H groups in total. The van der Waals surface area contributed by atoms with Gasteiger partial charge in [0.25, 0.3) is 10.2 Å². The average molecular weight is 258 g/mol. The van der Waals surface area contributed by atoms with E-state index in [0.717, 1.165) is 0 Å². The van der Waals surface area contributed by atoms with Crippen molar-refractivity contribution in [3.05, 3.63) is 0 Å². The zero-order chi connectivity index (χ0) is 10.9.